The van der Waals surface area contributed by atoms with Gasteiger partial charge >= 0.3 is 6.18 Å². The fraction of sp³-hybridized carbons (Fsp3) is 0.571. The predicted molar refractivity (Wildman–Crippen MR) is 92.8 cm³/mol. The van der Waals surface area contributed by atoms with E-state index in [-0.39, 0.29) is 37.0 Å². The Morgan fingerprint density at radius 1 is 1.22 bits per heavy atom. The van der Waals surface area contributed by atoms with Gasteiger partial charge in [0.25, 0.3) is 0 Å². The molecule has 1 atom stereocenters. The van der Waals surface area contributed by atoms with Crippen LogP contribution in [0.25, 0.3) is 0 Å². The molecule has 0 radical (unpaired) electrons. The molecule has 0 spiro atoms. The van der Waals surface area contributed by atoms with Gasteiger partial charge in [-0.3, -0.25) is 4.90 Å². The van der Waals surface area contributed by atoms with Gasteiger partial charge in [0.05, 0.1) is 0 Å². The number of nitrogens with zero attached hydrogens (tertiary/aromatic N) is 1. The number of halogens is 6. The molecule has 3 nitrogen and oxygen atoms in total. The van der Waals surface area contributed by atoms with E-state index in [4.69, 9.17) is 0 Å². The molecule has 2 N–H and O–H groups in total. The van der Waals surface area contributed by atoms with Gasteiger partial charge in [0.2, 0.25) is 0 Å². The number of aromatic hydroxyl groups is 1. The number of rotatable bonds is 4. The minimum Gasteiger partial charge on any atom is -0.508 e. The number of phenolic OH excluding ortho intramolecular Hbond substituents is 1. The van der Waals surface area contributed by atoms with Crippen LogP contribution < -0.4 is 5.32 Å². The highest BCUT2D eigenvalue weighted by Crippen LogP contribution is 2.36. The molecule has 0 amide bonds. The molecule has 1 heterocycles. The van der Waals surface area contributed by atoms with E-state index in [0.29, 0.717) is 23.1 Å². The Labute approximate surface area is 154 Å². The number of alkyl halides is 3. The summed E-state index contributed by atoms with van der Waals surface area (Å²) in [6, 6.07) is 4.56. The number of hydrogen-bond donors (Lipinski definition) is 2. The third-order valence-corrected chi connectivity index (χ3v) is 4.14. The first-order valence-electron chi connectivity index (χ1n) is 6.87. The van der Waals surface area contributed by atoms with Crippen LogP contribution in [-0.2, 0) is 0 Å². The van der Waals surface area contributed by atoms with E-state index in [9.17, 15) is 18.3 Å². The largest absolute Gasteiger partial charge is 0.508 e. The summed E-state index contributed by atoms with van der Waals surface area (Å²) in [6.07, 6.45) is -5.08. The average Bonchev–Trinajstić information content (AvgIpc) is 2.41. The van der Waals surface area contributed by atoms with Crippen LogP contribution in [0.3, 0.4) is 0 Å². The molecule has 1 aromatic rings. The third-order valence-electron chi connectivity index (χ3n) is 3.65. The van der Waals surface area contributed by atoms with Gasteiger partial charge in [-0.15, -0.1) is 24.8 Å². The minimum atomic E-state index is -4.18. The van der Waals surface area contributed by atoms with Crippen LogP contribution in [-0.4, -0.2) is 42.4 Å². The van der Waals surface area contributed by atoms with Crippen LogP contribution in [0.4, 0.5) is 13.2 Å². The van der Waals surface area contributed by atoms with Crippen molar-refractivity contribution in [2.45, 2.75) is 25.1 Å². The number of benzene rings is 1. The maximum Gasteiger partial charge on any atom is 0.389 e. The van der Waals surface area contributed by atoms with Crippen LogP contribution >= 0.6 is 40.7 Å². The fourth-order valence-corrected chi connectivity index (χ4v) is 2.98. The molecule has 1 fully saturated rings. The summed E-state index contributed by atoms with van der Waals surface area (Å²) in [6.45, 7) is 2.86. The smallest absolute Gasteiger partial charge is 0.389 e. The van der Waals surface area contributed by atoms with E-state index in [0.717, 1.165) is 13.1 Å². The van der Waals surface area contributed by atoms with Crippen molar-refractivity contribution in [1.82, 2.24) is 10.2 Å². The van der Waals surface area contributed by atoms with E-state index in [1.165, 1.54) is 6.07 Å². The van der Waals surface area contributed by atoms with Crippen LogP contribution in [0.5, 0.6) is 5.75 Å². The normalized spacial score (nSPS) is 17.0. The summed E-state index contributed by atoms with van der Waals surface area (Å²) in [4.78, 5) is 2.01. The summed E-state index contributed by atoms with van der Waals surface area (Å²) in [5.74, 6) is 0.0371. The minimum absolute atomic E-state index is 0. The summed E-state index contributed by atoms with van der Waals surface area (Å²) in [7, 11) is 0. The Morgan fingerprint density at radius 2 is 1.83 bits per heavy atom. The second kappa shape index (κ2) is 9.93. The van der Waals surface area contributed by atoms with Gasteiger partial charge < -0.3 is 10.4 Å². The molecule has 1 aromatic carbocycles. The summed E-state index contributed by atoms with van der Waals surface area (Å²) in [5, 5.41) is 13.3. The molecule has 2 rings (SSSR count). The highest BCUT2D eigenvalue weighted by Gasteiger charge is 2.32. The van der Waals surface area contributed by atoms with Crippen LogP contribution in [0.15, 0.2) is 22.7 Å². The van der Waals surface area contributed by atoms with Crippen molar-refractivity contribution in [3.63, 3.8) is 0 Å². The molecular formula is C14H20BrCl2F3N2O. The lowest BCUT2D eigenvalue weighted by Crippen LogP contribution is -2.45. The maximum atomic E-state index is 12.6. The Morgan fingerprint density at radius 3 is 2.35 bits per heavy atom. The maximum absolute atomic E-state index is 12.6. The van der Waals surface area contributed by atoms with Crippen molar-refractivity contribution in [3.8, 4) is 5.75 Å². The molecule has 1 aliphatic rings. The van der Waals surface area contributed by atoms with Gasteiger partial charge in [0, 0.05) is 48.7 Å². The van der Waals surface area contributed by atoms with Crippen molar-refractivity contribution in [3.05, 3.63) is 28.2 Å². The van der Waals surface area contributed by atoms with E-state index in [1.54, 1.807) is 12.1 Å². The van der Waals surface area contributed by atoms with E-state index in [2.05, 4.69) is 21.2 Å². The zero-order chi connectivity index (χ0) is 15.5. The SMILES string of the molecule is Cl.Cl.Oc1cc(Br)ccc1[C@H](CCC(F)(F)F)N1CCNCC1. The molecule has 0 saturated carbocycles. The van der Waals surface area contributed by atoms with Gasteiger partial charge in [-0.2, -0.15) is 13.2 Å². The first kappa shape index (κ1) is 22.8. The van der Waals surface area contributed by atoms with E-state index >= 15 is 0 Å². The van der Waals surface area contributed by atoms with Crippen molar-refractivity contribution >= 4 is 40.7 Å². The lowest BCUT2D eigenvalue weighted by Gasteiger charge is -2.35. The second-order valence-electron chi connectivity index (χ2n) is 5.16. The van der Waals surface area contributed by atoms with Gasteiger partial charge in [0.15, 0.2) is 0 Å². The van der Waals surface area contributed by atoms with Crippen molar-refractivity contribution in [2.24, 2.45) is 0 Å². The Balaban J connectivity index is 0.00000242. The Kier molecular flexibility index (Phi) is 9.84. The molecular weight excluding hydrogens is 420 g/mol. The topological polar surface area (TPSA) is 35.5 Å². The number of hydrogen-bond acceptors (Lipinski definition) is 3. The third kappa shape index (κ3) is 7.05. The van der Waals surface area contributed by atoms with Crippen LogP contribution in [0.1, 0.15) is 24.4 Å². The molecule has 0 unspecified atom stereocenters. The summed E-state index contributed by atoms with van der Waals surface area (Å²) < 4.78 is 38.4. The summed E-state index contributed by atoms with van der Waals surface area (Å²) >= 11 is 3.25. The summed E-state index contributed by atoms with van der Waals surface area (Å²) in [5.41, 5.74) is 0.560. The number of phenols is 1. The van der Waals surface area contributed by atoms with E-state index in [1.807, 2.05) is 4.90 Å². The first-order chi connectivity index (χ1) is 9.87. The monoisotopic (exact) mass is 438 g/mol. The highest BCUT2D eigenvalue weighted by molar-refractivity contribution is 9.10. The Hall–Kier alpha value is -0.210. The van der Waals surface area contributed by atoms with Gasteiger partial charge in [0.1, 0.15) is 5.75 Å². The predicted octanol–water partition coefficient (Wildman–Crippen LogP) is 4.29. The van der Waals surface area contributed by atoms with Gasteiger partial charge in [-0.25, -0.2) is 0 Å². The quantitative estimate of drug-likeness (QED) is 0.734. The van der Waals surface area contributed by atoms with Gasteiger partial charge in [-0.1, -0.05) is 22.0 Å². The van der Waals surface area contributed by atoms with Crippen LogP contribution in [0.2, 0.25) is 0 Å². The molecule has 0 aliphatic carbocycles. The molecule has 23 heavy (non-hydrogen) atoms. The van der Waals surface area contributed by atoms with Crippen LogP contribution in [0, 0.1) is 0 Å². The number of nitrogens with one attached hydrogen (secondary N) is 1. The highest BCUT2D eigenvalue weighted by atomic mass is 79.9. The molecule has 134 valence electrons. The molecule has 9 heteroatoms. The second-order valence-corrected chi connectivity index (χ2v) is 6.07. The lowest BCUT2D eigenvalue weighted by atomic mass is 9.98. The van der Waals surface area contributed by atoms with Crippen molar-refractivity contribution < 1.29 is 18.3 Å². The standard InChI is InChI=1S/C14H18BrF3N2O.2ClH/c15-10-1-2-11(13(21)9-10)12(3-4-14(16,17)18)20-7-5-19-6-8-20;;/h1-2,9,12,19,21H,3-8H2;2*1H/t12-;;/m0../s1. The fourth-order valence-electron chi connectivity index (χ4n) is 2.63. The first-order valence-corrected chi connectivity index (χ1v) is 7.66. The zero-order valence-electron chi connectivity index (χ0n) is 12.3. The lowest BCUT2D eigenvalue weighted by molar-refractivity contribution is -0.138. The van der Waals surface area contributed by atoms with Gasteiger partial charge in [-0.05, 0) is 18.6 Å². The van der Waals surface area contributed by atoms with Crippen molar-refractivity contribution in [1.29, 1.82) is 0 Å². The number of piperazine rings is 1. The average molecular weight is 440 g/mol. The van der Waals surface area contributed by atoms with Crippen molar-refractivity contribution in [2.75, 3.05) is 26.2 Å². The Bertz CT molecular complexity index is 486. The zero-order valence-corrected chi connectivity index (χ0v) is 15.5. The molecule has 0 aromatic heterocycles. The molecule has 0 bridgehead atoms. The molecule has 1 saturated heterocycles. The molecule has 1 aliphatic heterocycles. The van der Waals surface area contributed by atoms with E-state index < -0.39 is 18.6 Å².